The van der Waals surface area contributed by atoms with Crippen molar-refractivity contribution >= 4 is 42.7 Å². The van der Waals surface area contributed by atoms with Crippen molar-refractivity contribution in [2.75, 3.05) is 0 Å². The Kier molecular flexibility index (Phi) is 9.47. The van der Waals surface area contributed by atoms with Crippen LogP contribution < -0.4 is 24.8 Å². The van der Waals surface area contributed by atoms with E-state index >= 15 is 0 Å². The first-order chi connectivity index (χ1) is 17.5. The van der Waals surface area contributed by atoms with Crippen molar-refractivity contribution in [2.24, 2.45) is 0 Å². The van der Waals surface area contributed by atoms with Gasteiger partial charge in [-0.1, -0.05) is 0 Å². The largest absolute Gasteiger partial charge is 1.00 e. The van der Waals surface area contributed by atoms with Crippen LogP contribution in [-0.2, 0) is 18.6 Å². The summed E-state index contributed by atoms with van der Waals surface area (Å²) in [5.41, 5.74) is 9.05. The van der Waals surface area contributed by atoms with Gasteiger partial charge in [-0.15, -0.1) is 0 Å². The fourth-order valence-electron chi connectivity index (χ4n) is 6.26. The van der Waals surface area contributed by atoms with Crippen molar-refractivity contribution in [3.8, 4) is 0 Å². The molecule has 0 bridgehead atoms. The van der Waals surface area contributed by atoms with Gasteiger partial charge in [-0.3, -0.25) is 0 Å². The van der Waals surface area contributed by atoms with E-state index in [4.69, 9.17) is 0 Å². The minimum Gasteiger partial charge on any atom is -1.00 e. The van der Waals surface area contributed by atoms with Gasteiger partial charge in [0.05, 0.1) is 0 Å². The van der Waals surface area contributed by atoms with Crippen molar-refractivity contribution < 1.29 is 43.4 Å². The summed E-state index contributed by atoms with van der Waals surface area (Å²) >= 11 is -1.90. The molecule has 0 nitrogen and oxygen atoms in total. The summed E-state index contributed by atoms with van der Waals surface area (Å²) in [6.07, 6.45) is 7.46. The first kappa shape index (κ1) is 29.4. The van der Waals surface area contributed by atoms with Gasteiger partial charge in [-0.2, -0.15) is 0 Å². The maximum atomic E-state index is 2.65. The van der Waals surface area contributed by atoms with E-state index in [9.17, 15) is 0 Å². The van der Waals surface area contributed by atoms with Crippen LogP contribution in [0.2, 0.25) is 11.5 Å². The molecule has 0 spiro atoms. The second-order valence-electron chi connectivity index (χ2n) is 10.3. The molecule has 4 aromatic rings. The summed E-state index contributed by atoms with van der Waals surface area (Å²) in [7, 11) is -1.11. The number of rotatable bonds is 4. The summed E-state index contributed by atoms with van der Waals surface area (Å²) in [6, 6.07) is 31.3. The Hall–Kier alpha value is -1.63. The van der Waals surface area contributed by atoms with Gasteiger partial charge in [0.25, 0.3) is 0 Å². The molecule has 0 N–H and O–H groups in total. The maximum Gasteiger partial charge on any atom is -1.00 e. The average molecular weight is 675 g/mol. The Balaban J connectivity index is 0.00000168. The van der Waals surface area contributed by atoms with Gasteiger partial charge >= 0.3 is 225 Å². The molecule has 38 heavy (non-hydrogen) atoms. The van der Waals surface area contributed by atoms with E-state index in [1.54, 1.807) is 11.1 Å². The molecule has 6 rings (SSSR count). The molecular weight excluding hydrogens is 643 g/mol. The first-order valence-electron chi connectivity index (χ1n) is 13.0. The Labute approximate surface area is 248 Å². The summed E-state index contributed by atoms with van der Waals surface area (Å²) < 4.78 is 3.75. The molecule has 0 amide bonds. The van der Waals surface area contributed by atoms with Crippen LogP contribution in [0, 0.1) is 0 Å². The molecule has 0 fully saturated rings. The van der Waals surface area contributed by atoms with Gasteiger partial charge in [0.2, 0.25) is 0 Å². The zero-order chi connectivity index (χ0) is 24.8. The molecule has 0 heterocycles. The van der Waals surface area contributed by atoms with Gasteiger partial charge in [-0.05, 0) is 0 Å². The molecule has 2 aliphatic carbocycles. The zero-order valence-electron chi connectivity index (χ0n) is 22.4. The fraction of sp³-hybridized carbons (Fsp3) is 0.176. The second-order valence-corrected chi connectivity index (χ2v) is 38.3. The van der Waals surface area contributed by atoms with Crippen LogP contribution in [0.1, 0.15) is 37.8 Å². The second kappa shape index (κ2) is 12.3. The summed E-state index contributed by atoms with van der Waals surface area (Å²) in [5.74, 6) is 5.31. The minimum absolute atomic E-state index is 0. The third-order valence-electron chi connectivity index (χ3n) is 8.00. The van der Waals surface area contributed by atoms with Crippen LogP contribution in [0.15, 0.2) is 115 Å². The molecule has 2 aliphatic rings. The summed E-state index contributed by atoms with van der Waals surface area (Å²) in [6.45, 7) is 4.86. The van der Waals surface area contributed by atoms with Gasteiger partial charge in [0.1, 0.15) is 0 Å². The number of hydrogen-bond acceptors (Lipinski definition) is 0. The van der Waals surface area contributed by atoms with Gasteiger partial charge in [-0.25, -0.2) is 0 Å². The predicted octanol–water partition coefficient (Wildman–Crippen LogP) is 3.69. The van der Waals surface area contributed by atoms with Crippen LogP contribution in [0.3, 0.4) is 0 Å². The minimum atomic E-state index is -1.90. The standard InChI is InChI=1S/2C16H13.C2H6Ge.2ClH.Zr/c2*1-12-6-4-10-14(12)16-11-5-8-13-7-2-3-9-15(13)16;1-3-2;;;/h2*2-3,5,7-11H,4H2,1H3;1-2H3;2*1H;/q;;;;;+2/p-2. The summed E-state index contributed by atoms with van der Waals surface area (Å²) in [5, 5.41) is 5.46. The number of hydrogen-bond donors (Lipinski definition) is 0. The first-order valence-corrected chi connectivity index (χ1v) is 27.1. The van der Waals surface area contributed by atoms with E-state index < -0.39 is 28.6 Å². The molecule has 4 aromatic carbocycles. The van der Waals surface area contributed by atoms with E-state index in [0.717, 1.165) is 0 Å². The van der Waals surface area contributed by atoms with E-state index in [0.29, 0.717) is 0 Å². The van der Waals surface area contributed by atoms with E-state index in [2.05, 4.69) is 122 Å². The third-order valence-corrected chi connectivity index (χ3v) is 36.2. The topological polar surface area (TPSA) is 0 Å². The van der Waals surface area contributed by atoms with Crippen molar-refractivity contribution in [3.05, 3.63) is 126 Å². The maximum absolute atomic E-state index is 2.65. The molecule has 0 atom stereocenters. The van der Waals surface area contributed by atoms with Gasteiger partial charge in [0.15, 0.2) is 0 Å². The van der Waals surface area contributed by atoms with Crippen molar-refractivity contribution in [1.29, 1.82) is 0 Å². The molecule has 0 aliphatic heterocycles. The monoisotopic (exact) mass is 674 g/mol. The Bertz CT molecular complexity index is 1580. The molecule has 4 heteroatoms. The molecule has 0 aromatic heterocycles. The molecule has 0 unspecified atom stereocenters. The van der Waals surface area contributed by atoms with Crippen LogP contribution in [0.25, 0.3) is 32.7 Å². The van der Waals surface area contributed by atoms with Crippen LogP contribution in [-0.4, -0.2) is 9.98 Å². The van der Waals surface area contributed by atoms with Crippen LogP contribution in [0.5, 0.6) is 0 Å². The molecule has 0 saturated carbocycles. The molecule has 190 valence electrons. The normalized spacial score (nSPS) is 14.6. The van der Waals surface area contributed by atoms with E-state index in [1.165, 1.54) is 56.7 Å². The van der Waals surface area contributed by atoms with E-state index in [1.807, 2.05) is 6.56 Å². The Morgan fingerprint density at radius 1 is 0.553 bits per heavy atom. The average Bonchev–Trinajstić information content (AvgIpc) is 3.46. The number of benzene rings is 4. The predicted molar refractivity (Wildman–Crippen MR) is 156 cm³/mol. The Morgan fingerprint density at radius 3 is 1.37 bits per heavy atom. The third kappa shape index (κ3) is 5.13. The SMILES string of the molecule is CC1=[C]([Zr+2]([C]2=C(C)C(c3cccc4ccccc34)=CC2)=[Ge]([CH3])[CH3])CC=C1c1cccc2ccccc12.[Cl-].[Cl-]. The Morgan fingerprint density at radius 2 is 0.947 bits per heavy atom. The molecule has 0 radical (unpaired) electrons. The van der Waals surface area contributed by atoms with Gasteiger partial charge < -0.3 is 24.8 Å². The van der Waals surface area contributed by atoms with E-state index in [-0.39, 0.29) is 24.8 Å². The van der Waals surface area contributed by atoms with Gasteiger partial charge in [0, 0.05) is 0 Å². The molecule has 0 saturated heterocycles. The van der Waals surface area contributed by atoms with Crippen LogP contribution in [0.4, 0.5) is 0 Å². The fourth-order valence-corrected chi connectivity index (χ4v) is 36.3. The number of halogens is 2. The quantitative estimate of drug-likeness (QED) is 0.290. The molecular formula is C34H32Cl2GeZr. The number of fused-ring (bicyclic) bond motifs is 2. The number of allylic oxidation sites excluding steroid dienone is 8. The summed E-state index contributed by atoms with van der Waals surface area (Å²) in [4.78, 5) is 0. The van der Waals surface area contributed by atoms with Crippen molar-refractivity contribution in [1.82, 2.24) is 0 Å². The van der Waals surface area contributed by atoms with Crippen LogP contribution >= 0.6 is 0 Å². The smallest absolute Gasteiger partial charge is 1.00 e. The zero-order valence-corrected chi connectivity index (χ0v) is 28.5. The van der Waals surface area contributed by atoms with Crippen molar-refractivity contribution in [2.45, 2.75) is 38.2 Å². The van der Waals surface area contributed by atoms with Crippen molar-refractivity contribution in [3.63, 3.8) is 0 Å².